The Balaban J connectivity index is 1.44. The number of halogens is 2. The van der Waals surface area contributed by atoms with Crippen LogP contribution >= 0.6 is 23.1 Å². The van der Waals surface area contributed by atoms with Crippen LogP contribution in [0.2, 0.25) is 5.02 Å². The molecule has 1 fully saturated rings. The number of benzene rings is 2. The molecule has 1 aromatic heterocycles. The van der Waals surface area contributed by atoms with E-state index in [0.29, 0.717) is 11.6 Å². The summed E-state index contributed by atoms with van der Waals surface area (Å²) in [5.41, 5.74) is 1.17. The molecule has 1 aliphatic rings. The molecule has 0 radical (unpaired) electrons. The third-order valence-electron chi connectivity index (χ3n) is 5.16. The van der Waals surface area contributed by atoms with Gasteiger partial charge in [-0.25, -0.2) is 17.8 Å². The van der Waals surface area contributed by atoms with Crippen LogP contribution in [0.4, 0.5) is 9.52 Å². The predicted octanol–water partition coefficient (Wildman–Crippen LogP) is 3.90. The summed E-state index contributed by atoms with van der Waals surface area (Å²) >= 11 is 6.89. The van der Waals surface area contributed by atoms with Gasteiger partial charge in [0, 0.05) is 29.0 Å². The van der Waals surface area contributed by atoms with E-state index in [9.17, 15) is 12.8 Å². The van der Waals surface area contributed by atoms with E-state index in [0.717, 1.165) is 37.1 Å². The smallest absolute Gasteiger partial charge is 0.263 e. The number of sulfonamides is 1. The molecule has 11 heteroatoms. The number of rotatable bonds is 7. The lowest BCUT2D eigenvalue weighted by Gasteiger charge is -2.32. The Hall–Kier alpha value is -2.27. The molecule has 2 aromatic carbocycles. The molecule has 0 aliphatic carbocycles. The summed E-state index contributed by atoms with van der Waals surface area (Å²) < 4.78 is 51.1. The van der Waals surface area contributed by atoms with Gasteiger partial charge in [0.15, 0.2) is 11.6 Å². The summed E-state index contributed by atoms with van der Waals surface area (Å²) in [6.45, 7) is 1.94. The Morgan fingerprint density at radius 1 is 1.26 bits per heavy atom. The van der Waals surface area contributed by atoms with Crippen molar-refractivity contribution in [1.82, 2.24) is 14.7 Å². The van der Waals surface area contributed by atoms with Gasteiger partial charge in [0.25, 0.3) is 10.0 Å². The van der Waals surface area contributed by atoms with Gasteiger partial charge in [-0.1, -0.05) is 23.7 Å². The minimum Gasteiger partial charge on any atom is -0.490 e. The van der Waals surface area contributed by atoms with Crippen LogP contribution in [0.15, 0.2) is 53.7 Å². The number of ether oxygens (including phenoxy) is 1. The van der Waals surface area contributed by atoms with E-state index in [1.54, 1.807) is 0 Å². The molecule has 1 aliphatic heterocycles. The topological polar surface area (TPSA) is 93.2 Å². The van der Waals surface area contributed by atoms with Crippen LogP contribution in [0.5, 0.6) is 5.75 Å². The highest BCUT2D eigenvalue weighted by Gasteiger charge is 2.27. The van der Waals surface area contributed by atoms with Crippen molar-refractivity contribution in [2.24, 2.45) is 5.92 Å². The zero-order valence-electron chi connectivity index (χ0n) is 16.3. The summed E-state index contributed by atoms with van der Waals surface area (Å²) in [6.07, 6.45) is 2.17. The van der Waals surface area contributed by atoms with Gasteiger partial charge in [-0.15, -0.1) is 0 Å². The summed E-state index contributed by atoms with van der Waals surface area (Å²) in [5.74, 6) is -0.337. The van der Waals surface area contributed by atoms with Crippen molar-refractivity contribution in [1.29, 1.82) is 0 Å². The molecule has 4 rings (SSSR count). The fraction of sp³-hybridized carbons (Fsp3) is 0.300. The lowest BCUT2D eigenvalue weighted by molar-refractivity contribution is 0.191. The normalized spacial score (nSPS) is 19.2. The van der Waals surface area contributed by atoms with Crippen LogP contribution in [-0.2, 0) is 10.0 Å². The van der Waals surface area contributed by atoms with Crippen molar-refractivity contribution in [3.05, 3.63) is 65.2 Å². The van der Waals surface area contributed by atoms with Crippen molar-refractivity contribution in [2.45, 2.75) is 17.2 Å². The first-order chi connectivity index (χ1) is 14.9. The first-order valence-electron chi connectivity index (χ1n) is 9.60. The van der Waals surface area contributed by atoms with Crippen molar-refractivity contribution < 1.29 is 17.5 Å². The Kier molecular flexibility index (Phi) is 6.71. The second-order valence-corrected chi connectivity index (χ2v) is 10.1. The first kappa shape index (κ1) is 21.9. The minimum absolute atomic E-state index is 0.00953. The highest BCUT2D eigenvalue weighted by Crippen LogP contribution is 2.32. The van der Waals surface area contributed by atoms with Crippen molar-refractivity contribution in [3.63, 3.8) is 0 Å². The third-order valence-corrected chi connectivity index (χ3v) is 7.45. The predicted molar refractivity (Wildman–Crippen MR) is 118 cm³/mol. The van der Waals surface area contributed by atoms with Crippen LogP contribution in [-0.4, -0.2) is 37.5 Å². The van der Waals surface area contributed by atoms with Gasteiger partial charge in [0.05, 0.1) is 11.5 Å². The summed E-state index contributed by atoms with van der Waals surface area (Å²) in [5, 5.41) is 4.14. The zero-order chi connectivity index (χ0) is 21.8. The number of hydrogen-bond acceptors (Lipinski definition) is 7. The van der Waals surface area contributed by atoms with Gasteiger partial charge in [-0.3, -0.25) is 4.72 Å². The molecule has 31 heavy (non-hydrogen) atoms. The van der Waals surface area contributed by atoms with E-state index in [4.69, 9.17) is 16.3 Å². The van der Waals surface area contributed by atoms with Crippen LogP contribution in [0, 0.1) is 11.7 Å². The molecule has 2 unspecified atom stereocenters. The Morgan fingerprint density at radius 2 is 2.06 bits per heavy atom. The van der Waals surface area contributed by atoms with Gasteiger partial charge in [0.2, 0.25) is 5.13 Å². The molecule has 2 atom stereocenters. The first-order valence-corrected chi connectivity index (χ1v) is 12.2. The Labute approximate surface area is 188 Å². The highest BCUT2D eigenvalue weighted by molar-refractivity contribution is 7.93. The molecule has 2 N–H and O–H groups in total. The van der Waals surface area contributed by atoms with Crippen LogP contribution in [0.25, 0.3) is 0 Å². The maximum Gasteiger partial charge on any atom is 0.263 e. The van der Waals surface area contributed by atoms with E-state index < -0.39 is 15.8 Å². The molecule has 7 nitrogen and oxygen atoms in total. The molecule has 3 aromatic rings. The molecule has 0 saturated carbocycles. The van der Waals surface area contributed by atoms with Crippen LogP contribution in [0.1, 0.15) is 17.9 Å². The number of nitrogens with one attached hydrogen (secondary N) is 2. The van der Waals surface area contributed by atoms with E-state index in [2.05, 4.69) is 19.4 Å². The van der Waals surface area contributed by atoms with E-state index in [1.165, 1.54) is 24.0 Å². The summed E-state index contributed by atoms with van der Waals surface area (Å²) in [6, 6.07) is 11.3. The standard InChI is InChI=1S/C20H20ClFN4O3S2/c21-15-3-1-13(2-4-15)17-7-8-23-10-14(17)11-29-19-6-5-16(9-18(19)22)31(27,28)26-20-24-12-25-30-20/h1-6,9,12,14,17,23H,7-8,10-11H2,(H,24,25,26). The van der Waals surface area contributed by atoms with E-state index in [1.807, 2.05) is 24.3 Å². The van der Waals surface area contributed by atoms with Gasteiger partial charge in [-0.05, 0) is 54.8 Å². The Bertz CT molecular complexity index is 1130. The SMILES string of the molecule is O=S(=O)(Nc1ncns1)c1ccc(OCC2CNCCC2c2ccc(Cl)cc2)c(F)c1. The molecule has 164 valence electrons. The van der Waals surface area contributed by atoms with E-state index >= 15 is 0 Å². The second kappa shape index (κ2) is 9.47. The third kappa shape index (κ3) is 5.32. The van der Waals surface area contributed by atoms with Crippen molar-refractivity contribution in [2.75, 3.05) is 24.4 Å². The maximum absolute atomic E-state index is 14.6. The number of nitrogens with zero attached hydrogens (tertiary/aromatic N) is 2. The zero-order valence-corrected chi connectivity index (χ0v) is 18.7. The molecule has 1 saturated heterocycles. The summed E-state index contributed by atoms with van der Waals surface area (Å²) in [7, 11) is -3.96. The lowest BCUT2D eigenvalue weighted by Crippen LogP contribution is -2.38. The fourth-order valence-electron chi connectivity index (χ4n) is 3.60. The lowest BCUT2D eigenvalue weighted by atomic mass is 9.81. The quantitative estimate of drug-likeness (QED) is 0.530. The number of anilines is 1. The largest absolute Gasteiger partial charge is 0.490 e. The molecular formula is C20H20ClFN4O3S2. The summed E-state index contributed by atoms with van der Waals surface area (Å²) in [4.78, 5) is 3.55. The van der Waals surface area contributed by atoms with Crippen LogP contribution < -0.4 is 14.8 Å². The fourth-order valence-corrected chi connectivity index (χ4v) is 5.40. The van der Waals surface area contributed by atoms with Gasteiger partial charge in [0.1, 0.15) is 6.33 Å². The average molecular weight is 483 g/mol. The number of piperidine rings is 1. The minimum atomic E-state index is -3.96. The molecular weight excluding hydrogens is 463 g/mol. The average Bonchev–Trinajstić information content (AvgIpc) is 3.26. The highest BCUT2D eigenvalue weighted by atomic mass is 35.5. The van der Waals surface area contributed by atoms with Crippen molar-refractivity contribution >= 4 is 38.3 Å². The van der Waals surface area contributed by atoms with Gasteiger partial charge in [-0.2, -0.15) is 4.37 Å². The molecule has 0 spiro atoms. The van der Waals surface area contributed by atoms with Gasteiger partial charge >= 0.3 is 0 Å². The van der Waals surface area contributed by atoms with Gasteiger partial charge < -0.3 is 10.1 Å². The number of hydrogen-bond donors (Lipinski definition) is 2. The molecule has 0 bridgehead atoms. The maximum atomic E-state index is 14.6. The second-order valence-electron chi connectivity index (χ2n) is 7.17. The molecule has 0 amide bonds. The number of aromatic nitrogens is 2. The van der Waals surface area contributed by atoms with Crippen molar-refractivity contribution in [3.8, 4) is 5.75 Å². The monoisotopic (exact) mass is 482 g/mol. The van der Waals surface area contributed by atoms with E-state index in [-0.39, 0.29) is 27.6 Å². The molecule has 2 heterocycles. The van der Waals surface area contributed by atoms with Crippen LogP contribution in [0.3, 0.4) is 0 Å². The Morgan fingerprint density at radius 3 is 2.77 bits per heavy atom.